The van der Waals surface area contributed by atoms with Crippen molar-refractivity contribution >= 4 is 35.4 Å². The number of carboxylic acids is 2. The Morgan fingerprint density at radius 2 is 1.35 bits per heavy atom. The van der Waals surface area contributed by atoms with E-state index < -0.39 is 60.8 Å². The number of benzene rings is 2. The average Bonchev–Trinajstić information content (AvgIpc) is 2.90. The summed E-state index contributed by atoms with van der Waals surface area (Å²) in [5.74, 6) is -4.60. The second-order valence-corrected chi connectivity index (χ2v) is 10.8. The van der Waals surface area contributed by atoms with E-state index >= 15 is 0 Å². The number of amides is 3. The summed E-state index contributed by atoms with van der Waals surface area (Å²) in [5, 5.41) is 25.9. The number of Topliss-reactive ketones (excluding diaryl/α,β-unsaturated/α-hetero) is 1. The molecule has 12 nitrogen and oxygen atoms in total. The first-order valence-electron chi connectivity index (χ1n) is 13.8. The van der Waals surface area contributed by atoms with Crippen LogP contribution < -0.4 is 20.7 Å². The van der Waals surface area contributed by atoms with Crippen LogP contribution in [0.4, 0.5) is 0 Å². The predicted molar refractivity (Wildman–Crippen MR) is 156 cm³/mol. The fourth-order valence-electron chi connectivity index (χ4n) is 4.24. The van der Waals surface area contributed by atoms with E-state index in [0.717, 1.165) is 11.1 Å². The van der Waals surface area contributed by atoms with Gasteiger partial charge in [0.25, 0.3) is 0 Å². The van der Waals surface area contributed by atoms with Gasteiger partial charge in [0.15, 0.2) is 12.4 Å². The van der Waals surface area contributed by atoms with Gasteiger partial charge in [-0.1, -0.05) is 55.8 Å². The van der Waals surface area contributed by atoms with Crippen LogP contribution in [0.2, 0.25) is 0 Å². The third-order valence-corrected chi connectivity index (χ3v) is 6.31. The predicted octanol–water partition coefficient (Wildman–Crippen LogP) is 1.81. The summed E-state index contributed by atoms with van der Waals surface area (Å²) >= 11 is 0. The molecular formula is C31H39N3O9. The summed E-state index contributed by atoms with van der Waals surface area (Å²) in [6.07, 6.45) is -0.463. The minimum atomic E-state index is -1.53. The number of ketones is 1. The maximum absolute atomic E-state index is 13.4. The van der Waals surface area contributed by atoms with Crippen molar-refractivity contribution in [2.45, 2.75) is 71.5 Å². The van der Waals surface area contributed by atoms with Gasteiger partial charge in [0.05, 0.1) is 12.5 Å². The van der Waals surface area contributed by atoms with Crippen molar-refractivity contribution in [3.8, 4) is 5.75 Å². The Morgan fingerprint density at radius 3 is 1.91 bits per heavy atom. The number of carbonyl (C=O) groups is 6. The van der Waals surface area contributed by atoms with Crippen LogP contribution in [-0.4, -0.2) is 70.4 Å². The zero-order valence-electron chi connectivity index (χ0n) is 24.7. The first-order valence-corrected chi connectivity index (χ1v) is 13.8. The molecule has 0 unspecified atom stereocenters. The molecule has 5 N–H and O–H groups in total. The van der Waals surface area contributed by atoms with Crippen LogP contribution in [0.1, 0.15) is 50.3 Å². The first-order chi connectivity index (χ1) is 20.2. The molecule has 0 fully saturated rings. The SMILES string of the molecule is CC(=O)[C@H](Cc1cccc(C)c1)NC(=O)[C@H](CC(=O)O)NC(=O)[C@H](Cc1ccc(OCC(=O)O)cc1)NC(=O)CC(C)C. The first kappa shape index (κ1) is 34.5. The quantitative estimate of drug-likeness (QED) is 0.181. The minimum Gasteiger partial charge on any atom is -0.482 e. The molecule has 0 aliphatic rings. The van der Waals surface area contributed by atoms with Gasteiger partial charge in [-0.25, -0.2) is 4.79 Å². The molecular weight excluding hydrogens is 558 g/mol. The normalized spacial score (nSPS) is 12.9. The Balaban J connectivity index is 2.23. The molecule has 0 heterocycles. The highest BCUT2D eigenvalue weighted by Crippen LogP contribution is 2.15. The van der Waals surface area contributed by atoms with Gasteiger partial charge >= 0.3 is 11.9 Å². The van der Waals surface area contributed by atoms with E-state index in [9.17, 15) is 33.9 Å². The minimum absolute atomic E-state index is 0.00293. The maximum Gasteiger partial charge on any atom is 0.341 e. The van der Waals surface area contributed by atoms with Crippen molar-refractivity contribution in [2.24, 2.45) is 5.92 Å². The lowest BCUT2D eigenvalue weighted by Crippen LogP contribution is -2.56. The fraction of sp³-hybridized carbons (Fsp3) is 0.419. The molecule has 0 saturated heterocycles. The van der Waals surface area contributed by atoms with E-state index in [1.165, 1.54) is 19.1 Å². The van der Waals surface area contributed by atoms with Crippen molar-refractivity contribution in [3.63, 3.8) is 0 Å². The van der Waals surface area contributed by atoms with E-state index in [2.05, 4.69) is 16.0 Å². The number of hydrogen-bond acceptors (Lipinski definition) is 7. The molecule has 3 atom stereocenters. The zero-order valence-corrected chi connectivity index (χ0v) is 24.7. The number of ether oxygens (including phenoxy) is 1. The molecule has 0 radical (unpaired) electrons. The smallest absolute Gasteiger partial charge is 0.341 e. The van der Waals surface area contributed by atoms with Crippen LogP contribution in [0.3, 0.4) is 0 Å². The van der Waals surface area contributed by atoms with E-state index in [1.807, 2.05) is 39.0 Å². The summed E-state index contributed by atoms with van der Waals surface area (Å²) in [5.41, 5.74) is 2.35. The van der Waals surface area contributed by atoms with Crippen molar-refractivity contribution in [3.05, 3.63) is 65.2 Å². The molecule has 2 aromatic rings. The summed E-state index contributed by atoms with van der Waals surface area (Å²) in [7, 11) is 0. The largest absolute Gasteiger partial charge is 0.482 e. The summed E-state index contributed by atoms with van der Waals surface area (Å²) in [6.45, 7) is 6.34. The highest BCUT2D eigenvalue weighted by atomic mass is 16.5. The molecule has 43 heavy (non-hydrogen) atoms. The molecule has 0 aliphatic heterocycles. The molecule has 0 spiro atoms. The van der Waals surface area contributed by atoms with E-state index in [0.29, 0.717) is 11.3 Å². The van der Waals surface area contributed by atoms with Gasteiger partial charge in [0.1, 0.15) is 17.8 Å². The second-order valence-electron chi connectivity index (χ2n) is 10.8. The maximum atomic E-state index is 13.4. The van der Waals surface area contributed by atoms with Crippen molar-refractivity contribution in [1.29, 1.82) is 0 Å². The van der Waals surface area contributed by atoms with Gasteiger partial charge in [0.2, 0.25) is 17.7 Å². The van der Waals surface area contributed by atoms with E-state index in [4.69, 9.17) is 9.84 Å². The van der Waals surface area contributed by atoms with Crippen LogP contribution in [0.25, 0.3) is 0 Å². The van der Waals surface area contributed by atoms with Crippen LogP contribution in [0.15, 0.2) is 48.5 Å². The van der Waals surface area contributed by atoms with Crippen molar-refractivity contribution < 1.29 is 43.7 Å². The summed E-state index contributed by atoms with van der Waals surface area (Å²) < 4.78 is 5.12. The third kappa shape index (κ3) is 12.8. The molecule has 0 saturated carbocycles. The van der Waals surface area contributed by atoms with Gasteiger partial charge in [-0.3, -0.25) is 24.0 Å². The molecule has 232 valence electrons. The van der Waals surface area contributed by atoms with Crippen LogP contribution in [0, 0.1) is 12.8 Å². The van der Waals surface area contributed by atoms with Crippen LogP contribution in [0.5, 0.6) is 5.75 Å². The topological polar surface area (TPSA) is 188 Å². The van der Waals surface area contributed by atoms with Crippen molar-refractivity contribution in [1.82, 2.24) is 16.0 Å². The number of carboxylic acid groups (broad SMARTS) is 2. The molecule has 12 heteroatoms. The lowest BCUT2D eigenvalue weighted by atomic mass is 10.0. The van der Waals surface area contributed by atoms with Gasteiger partial charge in [-0.2, -0.15) is 0 Å². The standard InChI is InChI=1S/C31H39N3O9/c1-18(2)12-27(36)32-25(14-21-8-10-23(11-9-21)43-17-29(39)40)30(41)34-26(16-28(37)38)31(42)33-24(20(4)35)15-22-7-5-6-19(3)13-22/h5-11,13,18,24-26H,12,14-17H2,1-4H3,(H,32,36)(H,33,42)(H,34,41)(H,37,38)(H,39,40)/t24-,25-,26-/m0/s1. The Kier molecular flexibility index (Phi) is 13.3. The highest BCUT2D eigenvalue weighted by Gasteiger charge is 2.30. The van der Waals surface area contributed by atoms with Gasteiger partial charge in [0, 0.05) is 12.8 Å². The van der Waals surface area contributed by atoms with E-state index in [-0.39, 0.29) is 31.0 Å². The lowest BCUT2D eigenvalue weighted by Gasteiger charge is -2.24. The lowest BCUT2D eigenvalue weighted by molar-refractivity contribution is -0.141. The number of carbonyl (C=O) groups excluding carboxylic acids is 4. The number of aryl methyl sites for hydroxylation is 1. The number of hydrogen-bond donors (Lipinski definition) is 5. The summed E-state index contributed by atoms with van der Waals surface area (Å²) in [4.78, 5) is 73.9. The fourth-order valence-corrected chi connectivity index (χ4v) is 4.24. The average molecular weight is 598 g/mol. The molecule has 0 aromatic heterocycles. The number of aliphatic carboxylic acids is 2. The van der Waals surface area contributed by atoms with E-state index in [1.54, 1.807) is 18.2 Å². The Labute approximate surface area is 250 Å². The Bertz CT molecular complexity index is 1310. The third-order valence-electron chi connectivity index (χ3n) is 6.31. The van der Waals surface area contributed by atoms with Gasteiger partial charge < -0.3 is 30.9 Å². The number of rotatable bonds is 17. The summed E-state index contributed by atoms with van der Waals surface area (Å²) in [6, 6.07) is 9.95. The zero-order chi connectivity index (χ0) is 32.1. The van der Waals surface area contributed by atoms with Gasteiger partial charge in [-0.15, -0.1) is 0 Å². The molecule has 0 bridgehead atoms. The molecule has 0 aliphatic carbocycles. The molecule has 2 aromatic carbocycles. The Morgan fingerprint density at radius 1 is 0.744 bits per heavy atom. The highest BCUT2D eigenvalue weighted by molar-refractivity contribution is 5.96. The van der Waals surface area contributed by atoms with Gasteiger partial charge in [-0.05, 0) is 49.4 Å². The molecule has 3 amide bonds. The van der Waals surface area contributed by atoms with Crippen LogP contribution >= 0.6 is 0 Å². The second kappa shape index (κ2) is 16.6. The molecule has 2 rings (SSSR count). The monoisotopic (exact) mass is 597 g/mol. The number of nitrogens with one attached hydrogen (secondary N) is 3. The van der Waals surface area contributed by atoms with Crippen LogP contribution in [-0.2, 0) is 41.6 Å². The van der Waals surface area contributed by atoms with Crippen molar-refractivity contribution in [2.75, 3.05) is 6.61 Å². The Hall–Kier alpha value is -4.74.